The summed E-state index contributed by atoms with van der Waals surface area (Å²) < 4.78 is 35.3. The third kappa shape index (κ3) is 3.36. The molecular formula is C14H22O7S. The Morgan fingerprint density at radius 3 is 2.32 bits per heavy atom. The summed E-state index contributed by atoms with van der Waals surface area (Å²) >= 11 is 0. The first-order valence-corrected chi connectivity index (χ1v) is 8.78. The molecule has 2 heterocycles. The van der Waals surface area contributed by atoms with Crippen LogP contribution in [-0.4, -0.2) is 60.0 Å². The molecule has 5 atom stereocenters. The van der Waals surface area contributed by atoms with Gasteiger partial charge in [-0.3, -0.25) is 0 Å². The molecule has 3 N–H and O–H groups in total. The fourth-order valence-electron chi connectivity index (χ4n) is 2.67. The van der Waals surface area contributed by atoms with Crippen molar-refractivity contribution in [1.29, 1.82) is 0 Å². The van der Waals surface area contributed by atoms with Crippen molar-refractivity contribution in [2.45, 2.75) is 62.6 Å². The van der Waals surface area contributed by atoms with Gasteiger partial charge < -0.3 is 24.5 Å². The van der Waals surface area contributed by atoms with E-state index in [0.717, 1.165) is 0 Å². The molecule has 0 saturated carbocycles. The minimum atomic E-state index is -3.57. The molecule has 1 fully saturated rings. The fourth-order valence-corrected chi connectivity index (χ4v) is 4.26. The molecular weight excluding hydrogens is 312 g/mol. The summed E-state index contributed by atoms with van der Waals surface area (Å²) in [7, 11) is -3.57. The van der Waals surface area contributed by atoms with Gasteiger partial charge in [0.25, 0.3) is 0 Å². The Hall–Kier alpha value is -0.930. The SMILES string of the molecule is Cc1cc(S(=O)(=O)CC[C@H]2OC(C)[C@@H](O)[C@H](O)C2O)c(C)o1. The van der Waals surface area contributed by atoms with Gasteiger partial charge in [0.15, 0.2) is 9.84 Å². The van der Waals surface area contributed by atoms with E-state index in [1.54, 1.807) is 20.8 Å². The molecule has 2 unspecified atom stereocenters. The molecule has 0 aromatic carbocycles. The van der Waals surface area contributed by atoms with E-state index in [0.29, 0.717) is 11.5 Å². The fraction of sp³-hybridized carbons (Fsp3) is 0.714. The van der Waals surface area contributed by atoms with Crippen molar-refractivity contribution in [3.63, 3.8) is 0 Å². The summed E-state index contributed by atoms with van der Waals surface area (Å²) in [6, 6.07) is 1.46. The number of hydrogen-bond donors (Lipinski definition) is 3. The Labute approximate surface area is 129 Å². The van der Waals surface area contributed by atoms with Crippen LogP contribution < -0.4 is 0 Å². The Morgan fingerprint density at radius 2 is 1.77 bits per heavy atom. The summed E-state index contributed by atoms with van der Waals surface area (Å²) in [6.07, 6.45) is -5.38. The highest BCUT2D eigenvalue weighted by atomic mass is 32.2. The van der Waals surface area contributed by atoms with Crippen LogP contribution in [0.4, 0.5) is 0 Å². The topological polar surface area (TPSA) is 117 Å². The number of aliphatic hydroxyl groups is 3. The second-order valence-electron chi connectivity index (χ2n) is 5.74. The monoisotopic (exact) mass is 334 g/mol. The molecule has 2 rings (SSSR count). The van der Waals surface area contributed by atoms with Crippen molar-refractivity contribution < 1.29 is 32.9 Å². The van der Waals surface area contributed by atoms with Crippen molar-refractivity contribution in [3.05, 3.63) is 17.6 Å². The summed E-state index contributed by atoms with van der Waals surface area (Å²) in [5.74, 6) is 0.591. The minimum absolute atomic E-state index is 0.0152. The molecule has 8 heteroatoms. The minimum Gasteiger partial charge on any atom is -0.465 e. The largest absolute Gasteiger partial charge is 0.465 e. The number of rotatable bonds is 4. The van der Waals surface area contributed by atoms with Gasteiger partial charge in [-0.15, -0.1) is 0 Å². The number of hydrogen-bond acceptors (Lipinski definition) is 7. The number of aliphatic hydroxyl groups excluding tert-OH is 3. The van der Waals surface area contributed by atoms with Gasteiger partial charge in [0.1, 0.15) is 34.7 Å². The Kier molecular flexibility index (Phi) is 4.98. The van der Waals surface area contributed by atoms with Gasteiger partial charge in [0.2, 0.25) is 0 Å². The van der Waals surface area contributed by atoms with Crippen molar-refractivity contribution in [3.8, 4) is 0 Å². The standard InChI is InChI=1S/C14H22O7S/c1-7-6-11(8(2)20-7)22(18,19)5-4-10-13(16)14(17)12(15)9(3)21-10/h6,9-10,12-17H,4-5H2,1-3H3/t9?,10-,12-,13?,14+/m1/s1. The molecule has 1 aliphatic heterocycles. The predicted molar refractivity (Wildman–Crippen MR) is 77.2 cm³/mol. The third-order valence-electron chi connectivity index (χ3n) is 3.95. The van der Waals surface area contributed by atoms with Crippen molar-refractivity contribution in [2.24, 2.45) is 0 Å². The van der Waals surface area contributed by atoms with E-state index in [1.165, 1.54) is 6.07 Å². The molecule has 1 aliphatic rings. The highest BCUT2D eigenvalue weighted by molar-refractivity contribution is 7.91. The van der Waals surface area contributed by atoms with Crippen molar-refractivity contribution >= 4 is 9.84 Å². The van der Waals surface area contributed by atoms with Crippen LogP contribution >= 0.6 is 0 Å². The maximum absolute atomic E-state index is 12.3. The average molecular weight is 334 g/mol. The molecule has 126 valence electrons. The molecule has 7 nitrogen and oxygen atoms in total. The number of furan rings is 1. The van der Waals surface area contributed by atoms with Gasteiger partial charge in [0.05, 0.1) is 18.0 Å². The zero-order valence-electron chi connectivity index (χ0n) is 12.8. The molecule has 0 bridgehead atoms. The van der Waals surface area contributed by atoms with Crippen LogP contribution in [0.1, 0.15) is 24.9 Å². The zero-order valence-corrected chi connectivity index (χ0v) is 13.6. The Bertz CT molecular complexity index is 621. The van der Waals surface area contributed by atoms with Crippen LogP contribution in [0, 0.1) is 13.8 Å². The van der Waals surface area contributed by atoms with Gasteiger partial charge >= 0.3 is 0 Å². The zero-order chi connectivity index (χ0) is 16.7. The van der Waals surface area contributed by atoms with Gasteiger partial charge in [0, 0.05) is 0 Å². The van der Waals surface area contributed by atoms with Gasteiger partial charge in [-0.2, -0.15) is 0 Å². The first kappa shape index (κ1) is 17.4. The lowest BCUT2D eigenvalue weighted by molar-refractivity contribution is -0.217. The number of ether oxygens (including phenoxy) is 1. The highest BCUT2D eigenvalue weighted by Crippen LogP contribution is 2.26. The van der Waals surface area contributed by atoms with Crippen LogP contribution in [0.25, 0.3) is 0 Å². The first-order chi connectivity index (χ1) is 10.1. The van der Waals surface area contributed by atoms with Crippen molar-refractivity contribution in [1.82, 2.24) is 0 Å². The molecule has 1 aromatic rings. The second kappa shape index (κ2) is 6.29. The van der Waals surface area contributed by atoms with E-state index in [1.807, 2.05) is 0 Å². The van der Waals surface area contributed by atoms with E-state index in [9.17, 15) is 23.7 Å². The lowest BCUT2D eigenvalue weighted by Crippen LogP contribution is -2.56. The quantitative estimate of drug-likeness (QED) is 0.705. The van der Waals surface area contributed by atoms with E-state index in [4.69, 9.17) is 9.15 Å². The van der Waals surface area contributed by atoms with E-state index >= 15 is 0 Å². The van der Waals surface area contributed by atoms with E-state index in [-0.39, 0.29) is 17.1 Å². The van der Waals surface area contributed by atoms with Gasteiger partial charge in [-0.25, -0.2) is 8.42 Å². The summed E-state index contributed by atoms with van der Waals surface area (Å²) in [4.78, 5) is 0.129. The lowest BCUT2D eigenvalue weighted by Gasteiger charge is -2.39. The molecule has 0 aliphatic carbocycles. The molecule has 1 saturated heterocycles. The van der Waals surface area contributed by atoms with Gasteiger partial charge in [-0.05, 0) is 33.3 Å². The Morgan fingerprint density at radius 1 is 1.14 bits per heavy atom. The highest BCUT2D eigenvalue weighted by Gasteiger charge is 2.42. The second-order valence-corrected chi connectivity index (χ2v) is 7.81. The van der Waals surface area contributed by atoms with E-state index in [2.05, 4.69) is 0 Å². The molecule has 0 amide bonds. The number of sulfone groups is 1. The smallest absolute Gasteiger partial charge is 0.181 e. The molecule has 1 aromatic heterocycles. The number of aryl methyl sites for hydroxylation is 2. The molecule has 0 spiro atoms. The maximum Gasteiger partial charge on any atom is 0.181 e. The van der Waals surface area contributed by atoms with Crippen LogP contribution in [0.5, 0.6) is 0 Å². The third-order valence-corrected chi connectivity index (χ3v) is 5.80. The van der Waals surface area contributed by atoms with Crippen LogP contribution in [-0.2, 0) is 14.6 Å². The predicted octanol–water partition coefficient (Wildman–Crippen LogP) is -0.0698. The summed E-state index contributed by atoms with van der Waals surface area (Å²) in [6.45, 7) is 4.80. The van der Waals surface area contributed by atoms with E-state index < -0.39 is 40.4 Å². The van der Waals surface area contributed by atoms with Crippen LogP contribution in [0.3, 0.4) is 0 Å². The molecule has 0 radical (unpaired) electrons. The summed E-state index contributed by atoms with van der Waals surface area (Å²) in [5.41, 5.74) is 0. The average Bonchev–Trinajstić information content (AvgIpc) is 2.79. The maximum atomic E-state index is 12.3. The Balaban J connectivity index is 2.07. The van der Waals surface area contributed by atoms with Crippen molar-refractivity contribution in [2.75, 3.05) is 5.75 Å². The van der Waals surface area contributed by atoms with Crippen LogP contribution in [0.2, 0.25) is 0 Å². The summed E-state index contributed by atoms with van der Waals surface area (Å²) in [5, 5.41) is 29.3. The van der Waals surface area contributed by atoms with Gasteiger partial charge in [-0.1, -0.05) is 0 Å². The lowest BCUT2D eigenvalue weighted by atomic mass is 9.94. The molecule has 22 heavy (non-hydrogen) atoms. The normalized spacial score (nSPS) is 33.1. The van der Waals surface area contributed by atoms with Crippen LogP contribution in [0.15, 0.2) is 15.4 Å². The first-order valence-electron chi connectivity index (χ1n) is 7.13.